The van der Waals surface area contributed by atoms with Crippen LogP contribution >= 0.6 is 11.3 Å². The second-order valence-electron chi connectivity index (χ2n) is 7.10. The SMILES string of the molecule is COc1ccc(-c2csc3ncn(CC(=O)Nc4ccc(C)cc4C)c(=O)c23)cc1. The van der Waals surface area contributed by atoms with Crippen molar-refractivity contribution >= 4 is 33.1 Å². The van der Waals surface area contributed by atoms with Crippen LogP contribution in [0.2, 0.25) is 0 Å². The molecule has 0 atom stereocenters. The lowest BCUT2D eigenvalue weighted by Crippen LogP contribution is -2.28. The highest BCUT2D eigenvalue weighted by molar-refractivity contribution is 7.17. The molecule has 0 saturated heterocycles. The van der Waals surface area contributed by atoms with E-state index in [2.05, 4.69) is 10.3 Å². The fourth-order valence-corrected chi connectivity index (χ4v) is 4.27. The summed E-state index contributed by atoms with van der Waals surface area (Å²) in [5.41, 5.74) is 4.31. The smallest absolute Gasteiger partial charge is 0.263 e. The summed E-state index contributed by atoms with van der Waals surface area (Å²) in [4.78, 5) is 30.7. The van der Waals surface area contributed by atoms with Crippen molar-refractivity contribution < 1.29 is 9.53 Å². The third-order valence-corrected chi connectivity index (χ3v) is 5.82. The topological polar surface area (TPSA) is 73.2 Å². The Bertz CT molecular complexity index is 1290. The molecular formula is C23H21N3O3S. The third kappa shape index (κ3) is 3.84. The van der Waals surface area contributed by atoms with Gasteiger partial charge < -0.3 is 10.1 Å². The Morgan fingerprint density at radius 2 is 1.93 bits per heavy atom. The predicted octanol–water partition coefficient (Wildman–Crippen LogP) is 4.39. The first kappa shape index (κ1) is 19.8. The zero-order chi connectivity index (χ0) is 21.3. The molecule has 0 bridgehead atoms. The number of hydrogen-bond acceptors (Lipinski definition) is 5. The number of carbonyl (C=O) groups excluding carboxylic acids is 1. The fourth-order valence-electron chi connectivity index (χ4n) is 3.36. The van der Waals surface area contributed by atoms with E-state index in [0.717, 1.165) is 33.7 Å². The van der Waals surface area contributed by atoms with Crippen LogP contribution in [0.5, 0.6) is 5.75 Å². The van der Waals surface area contributed by atoms with E-state index in [4.69, 9.17) is 4.74 Å². The number of hydrogen-bond donors (Lipinski definition) is 1. The first-order valence-corrected chi connectivity index (χ1v) is 10.3. The number of nitrogens with zero attached hydrogens (tertiary/aromatic N) is 2. The molecule has 2 aromatic heterocycles. The Balaban J connectivity index is 1.64. The van der Waals surface area contributed by atoms with Gasteiger partial charge in [0.15, 0.2) is 0 Å². The lowest BCUT2D eigenvalue weighted by molar-refractivity contribution is -0.116. The maximum absolute atomic E-state index is 13.1. The van der Waals surface area contributed by atoms with Gasteiger partial charge in [-0.15, -0.1) is 11.3 Å². The highest BCUT2D eigenvalue weighted by atomic mass is 32.1. The summed E-state index contributed by atoms with van der Waals surface area (Å²) in [5.74, 6) is 0.475. The maximum atomic E-state index is 13.1. The van der Waals surface area contributed by atoms with Crippen LogP contribution in [0.25, 0.3) is 21.3 Å². The number of ether oxygens (including phenoxy) is 1. The van der Waals surface area contributed by atoms with E-state index in [1.54, 1.807) is 7.11 Å². The van der Waals surface area contributed by atoms with Gasteiger partial charge in [0, 0.05) is 16.6 Å². The molecule has 2 aromatic carbocycles. The number of aromatic nitrogens is 2. The van der Waals surface area contributed by atoms with Gasteiger partial charge in [-0.2, -0.15) is 0 Å². The van der Waals surface area contributed by atoms with Gasteiger partial charge in [-0.25, -0.2) is 4.98 Å². The Kier molecular flexibility index (Phi) is 5.37. The number of aryl methyl sites for hydroxylation is 2. The van der Waals surface area contributed by atoms with Crippen molar-refractivity contribution in [2.24, 2.45) is 0 Å². The average Bonchev–Trinajstić information content (AvgIpc) is 3.17. The van der Waals surface area contributed by atoms with Crippen LogP contribution in [0.15, 0.2) is 59.0 Å². The standard InChI is InChI=1S/C23H21N3O3S/c1-14-4-9-19(15(2)10-14)25-20(27)11-26-13-24-22-21(23(26)28)18(12-30-22)16-5-7-17(29-3)8-6-16/h4-10,12-13H,11H2,1-3H3,(H,25,27). The fraction of sp³-hybridized carbons (Fsp3) is 0.174. The highest BCUT2D eigenvalue weighted by Crippen LogP contribution is 2.31. The van der Waals surface area contributed by atoms with E-state index in [1.807, 2.05) is 61.7 Å². The Morgan fingerprint density at radius 3 is 2.63 bits per heavy atom. The number of carbonyl (C=O) groups is 1. The number of fused-ring (bicyclic) bond motifs is 1. The van der Waals surface area contributed by atoms with Crippen molar-refractivity contribution in [1.29, 1.82) is 0 Å². The van der Waals surface area contributed by atoms with Crippen LogP contribution in [-0.2, 0) is 11.3 Å². The van der Waals surface area contributed by atoms with Crippen molar-refractivity contribution in [2.45, 2.75) is 20.4 Å². The molecule has 30 heavy (non-hydrogen) atoms. The van der Waals surface area contributed by atoms with Crippen molar-refractivity contribution in [2.75, 3.05) is 12.4 Å². The molecule has 0 aliphatic carbocycles. The lowest BCUT2D eigenvalue weighted by Gasteiger charge is -2.10. The van der Waals surface area contributed by atoms with Crippen LogP contribution < -0.4 is 15.6 Å². The number of thiophene rings is 1. The monoisotopic (exact) mass is 419 g/mol. The average molecular weight is 420 g/mol. The Hall–Kier alpha value is -3.45. The number of amides is 1. The largest absolute Gasteiger partial charge is 0.497 e. The van der Waals surface area contributed by atoms with Crippen LogP contribution in [0.4, 0.5) is 5.69 Å². The van der Waals surface area contributed by atoms with E-state index in [0.29, 0.717) is 10.2 Å². The highest BCUT2D eigenvalue weighted by Gasteiger charge is 2.15. The molecule has 0 saturated carbocycles. The quantitative estimate of drug-likeness (QED) is 0.521. The molecule has 0 radical (unpaired) electrons. The summed E-state index contributed by atoms with van der Waals surface area (Å²) in [7, 11) is 1.61. The van der Waals surface area contributed by atoms with Crippen molar-refractivity contribution in [3.05, 3.63) is 75.7 Å². The first-order chi connectivity index (χ1) is 14.5. The zero-order valence-electron chi connectivity index (χ0n) is 16.9. The molecule has 0 unspecified atom stereocenters. The van der Waals surface area contributed by atoms with Crippen molar-refractivity contribution in [3.8, 4) is 16.9 Å². The predicted molar refractivity (Wildman–Crippen MR) is 120 cm³/mol. The van der Waals surface area contributed by atoms with E-state index in [-0.39, 0.29) is 18.0 Å². The molecule has 1 amide bonds. The van der Waals surface area contributed by atoms with Crippen molar-refractivity contribution in [3.63, 3.8) is 0 Å². The Morgan fingerprint density at radius 1 is 1.17 bits per heavy atom. The third-order valence-electron chi connectivity index (χ3n) is 4.93. The molecule has 0 aliphatic heterocycles. The summed E-state index contributed by atoms with van der Waals surface area (Å²) >= 11 is 1.41. The summed E-state index contributed by atoms with van der Waals surface area (Å²) in [6.45, 7) is 3.84. The van der Waals surface area contributed by atoms with Crippen LogP contribution in [0, 0.1) is 13.8 Å². The van der Waals surface area contributed by atoms with Gasteiger partial charge in [-0.1, -0.05) is 29.8 Å². The number of methoxy groups -OCH3 is 1. The molecule has 152 valence electrons. The van der Waals surface area contributed by atoms with Gasteiger partial charge in [0.05, 0.1) is 18.8 Å². The number of benzene rings is 2. The van der Waals surface area contributed by atoms with E-state index in [9.17, 15) is 9.59 Å². The van der Waals surface area contributed by atoms with E-state index in [1.165, 1.54) is 22.2 Å². The van der Waals surface area contributed by atoms with Gasteiger partial charge in [-0.05, 0) is 43.2 Å². The molecule has 0 fully saturated rings. The lowest BCUT2D eigenvalue weighted by atomic mass is 10.1. The molecule has 4 rings (SSSR count). The molecule has 2 heterocycles. The summed E-state index contributed by atoms with van der Waals surface area (Å²) in [6, 6.07) is 13.3. The van der Waals surface area contributed by atoms with Gasteiger partial charge in [-0.3, -0.25) is 14.2 Å². The number of nitrogens with one attached hydrogen (secondary N) is 1. The molecule has 1 N–H and O–H groups in total. The second-order valence-corrected chi connectivity index (χ2v) is 7.96. The van der Waals surface area contributed by atoms with Crippen molar-refractivity contribution in [1.82, 2.24) is 9.55 Å². The van der Waals surface area contributed by atoms with Gasteiger partial charge >= 0.3 is 0 Å². The van der Waals surface area contributed by atoms with Crippen LogP contribution in [-0.4, -0.2) is 22.6 Å². The normalized spacial score (nSPS) is 10.9. The van der Waals surface area contributed by atoms with E-state index < -0.39 is 0 Å². The minimum absolute atomic E-state index is 0.104. The number of anilines is 1. The number of rotatable bonds is 5. The summed E-state index contributed by atoms with van der Waals surface area (Å²) < 4.78 is 6.55. The molecule has 6 nitrogen and oxygen atoms in total. The summed E-state index contributed by atoms with van der Waals surface area (Å²) in [6.07, 6.45) is 1.43. The molecule has 7 heteroatoms. The van der Waals surface area contributed by atoms with Gasteiger partial charge in [0.25, 0.3) is 5.56 Å². The molecule has 4 aromatic rings. The zero-order valence-corrected chi connectivity index (χ0v) is 17.7. The second kappa shape index (κ2) is 8.12. The maximum Gasteiger partial charge on any atom is 0.263 e. The summed E-state index contributed by atoms with van der Waals surface area (Å²) in [5, 5.41) is 5.31. The minimum Gasteiger partial charge on any atom is -0.497 e. The van der Waals surface area contributed by atoms with Crippen LogP contribution in [0.1, 0.15) is 11.1 Å². The van der Waals surface area contributed by atoms with Gasteiger partial charge in [0.1, 0.15) is 17.1 Å². The molecule has 0 spiro atoms. The first-order valence-electron chi connectivity index (χ1n) is 9.44. The van der Waals surface area contributed by atoms with Crippen LogP contribution in [0.3, 0.4) is 0 Å². The molecule has 0 aliphatic rings. The van der Waals surface area contributed by atoms with E-state index >= 15 is 0 Å². The molecular weight excluding hydrogens is 398 g/mol. The van der Waals surface area contributed by atoms with Gasteiger partial charge in [0.2, 0.25) is 5.91 Å². The Labute approximate surface area is 177 Å². The minimum atomic E-state index is -0.272.